The summed E-state index contributed by atoms with van der Waals surface area (Å²) in [5.41, 5.74) is -1.20. The maximum atomic E-state index is 13.8. The molecule has 2 saturated heterocycles. The molecular weight excluding hydrogens is 664 g/mol. The molecule has 0 aliphatic carbocycles. The van der Waals surface area contributed by atoms with Crippen LogP contribution in [0.15, 0.2) is 0 Å². The van der Waals surface area contributed by atoms with E-state index in [1.54, 1.807) is 30.6 Å². The smallest absolute Gasteiger partial charge is 0.320 e. The first-order valence-electron chi connectivity index (χ1n) is 18.1. The van der Waals surface area contributed by atoms with E-state index in [0.717, 1.165) is 0 Å². The standard InChI is InChI=1S/C34H64N8O9/c1-33(2,3)50-31(48)26-37-11-7-35-9-13-42(14-10-36-8-12-37)28(43)23-38-15-17-39(24-29(44)45)18-19-40(25-30(46)47)20-22-41(21-16-38)27-32(49)51-34(4,5)6/h35-36H,7-27H2,1-6H3,(H,44,45)(H,46,47). The van der Waals surface area contributed by atoms with Gasteiger partial charge < -0.3 is 35.2 Å². The highest BCUT2D eigenvalue weighted by Crippen LogP contribution is 2.09. The van der Waals surface area contributed by atoms with Gasteiger partial charge in [0.25, 0.3) is 0 Å². The number of carbonyl (C=O) groups is 5. The van der Waals surface area contributed by atoms with E-state index in [2.05, 4.69) is 15.5 Å². The van der Waals surface area contributed by atoms with Crippen LogP contribution in [0.4, 0.5) is 0 Å². The number of ether oxygens (including phenoxy) is 2. The van der Waals surface area contributed by atoms with Crippen molar-refractivity contribution in [1.29, 1.82) is 0 Å². The molecule has 1 amide bonds. The summed E-state index contributed by atoms with van der Waals surface area (Å²) in [7, 11) is 0. The van der Waals surface area contributed by atoms with Crippen molar-refractivity contribution in [2.45, 2.75) is 52.7 Å². The highest BCUT2D eigenvalue weighted by atomic mass is 16.6. The second kappa shape index (κ2) is 22.2. The van der Waals surface area contributed by atoms with Crippen molar-refractivity contribution in [3.63, 3.8) is 0 Å². The third kappa shape index (κ3) is 21.3. The maximum absolute atomic E-state index is 13.8. The third-order valence-electron chi connectivity index (χ3n) is 8.23. The average molecular weight is 729 g/mol. The van der Waals surface area contributed by atoms with Gasteiger partial charge in [0, 0.05) is 105 Å². The Balaban J connectivity index is 2.10. The van der Waals surface area contributed by atoms with Crippen molar-refractivity contribution >= 4 is 29.8 Å². The third-order valence-corrected chi connectivity index (χ3v) is 8.23. The molecule has 0 aromatic carbocycles. The summed E-state index contributed by atoms with van der Waals surface area (Å²) in [5.74, 6) is -2.66. The Bertz CT molecular complexity index is 1100. The Morgan fingerprint density at radius 3 is 1.10 bits per heavy atom. The van der Waals surface area contributed by atoms with Gasteiger partial charge in [-0.2, -0.15) is 0 Å². The van der Waals surface area contributed by atoms with Crippen LogP contribution in [0.25, 0.3) is 0 Å². The number of amides is 1. The number of nitrogens with one attached hydrogen (secondary N) is 2. The van der Waals surface area contributed by atoms with Gasteiger partial charge in [0.05, 0.1) is 32.7 Å². The number of hydrogen-bond acceptors (Lipinski definition) is 14. The van der Waals surface area contributed by atoms with Crippen molar-refractivity contribution in [2.75, 3.05) is 137 Å². The summed E-state index contributed by atoms with van der Waals surface area (Å²) < 4.78 is 11.1. The summed E-state index contributed by atoms with van der Waals surface area (Å²) in [6, 6.07) is 0. The largest absolute Gasteiger partial charge is 0.480 e. The van der Waals surface area contributed by atoms with E-state index < -0.39 is 23.1 Å². The number of carboxylic acid groups (broad SMARTS) is 2. The van der Waals surface area contributed by atoms with Crippen molar-refractivity contribution in [3.8, 4) is 0 Å². The number of hydrogen-bond donors (Lipinski definition) is 4. The molecule has 0 radical (unpaired) electrons. The van der Waals surface area contributed by atoms with E-state index in [0.29, 0.717) is 105 Å². The summed E-state index contributed by atoms with van der Waals surface area (Å²) >= 11 is 0. The van der Waals surface area contributed by atoms with Crippen LogP contribution in [-0.2, 0) is 33.4 Å². The van der Waals surface area contributed by atoms with Crippen LogP contribution in [-0.4, -0.2) is 218 Å². The lowest BCUT2D eigenvalue weighted by Crippen LogP contribution is -2.51. The molecular formula is C34H64N8O9. The minimum atomic E-state index is -0.984. The van der Waals surface area contributed by atoms with Crippen LogP contribution in [0.1, 0.15) is 41.5 Å². The fourth-order valence-electron chi connectivity index (χ4n) is 5.78. The lowest BCUT2D eigenvalue weighted by molar-refractivity contribution is -0.157. The molecule has 0 aromatic rings. The van der Waals surface area contributed by atoms with Gasteiger partial charge in [0.1, 0.15) is 11.2 Å². The number of esters is 2. The van der Waals surface area contributed by atoms with Crippen molar-refractivity contribution in [1.82, 2.24) is 40.0 Å². The molecule has 0 atom stereocenters. The molecule has 0 unspecified atom stereocenters. The number of aliphatic carboxylic acids is 2. The van der Waals surface area contributed by atoms with Gasteiger partial charge in [-0.05, 0) is 41.5 Å². The normalized spacial score (nSPS) is 20.2. The molecule has 4 N–H and O–H groups in total. The summed E-state index contributed by atoms with van der Waals surface area (Å²) in [6.45, 7) is 18.7. The van der Waals surface area contributed by atoms with Crippen molar-refractivity contribution in [3.05, 3.63) is 0 Å². The molecule has 2 heterocycles. The quantitative estimate of drug-likeness (QED) is 0.188. The summed E-state index contributed by atoms with van der Waals surface area (Å²) in [6.07, 6.45) is 0. The van der Waals surface area contributed by atoms with E-state index in [1.165, 1.54) is 0 Å². The zero-order valence-corrected chi connectivity index (χ0v) is 31.8. The van der Waals surface area contributed by atoms with E-state index in [1.807, 2.05) is 35.5 Å². The molecule has 0 spiro atoms. The lowest BCUT2D eigenvalue weighted by atomic mass is 10.2. The van der Waals surface area contributed by atoms with Crippen LogP contribution >= 0.6 is 0 Å². The first-order chi connectivity index (χ1) is 23.9. The maximum Gasteiger partial charge on any atom is 0.320 e. The molecule has 2 rings (SSSR count). The molecule has 51 heavy (non-hydrogen) atoms. The van der Waals surface area contributed by atoms with Crippen molar-refractivity contribution in [2.24, 2.45) is 0 Å². The van der Waals surface area contributed by atoms with Crippen LogP contribution in [0.2, 0.25) is 0 Å². The Morgan fingerprint density at radius 2 is 0.765 bits per heavy atom. The monoisotopic (exact) mass is 728 g/mol. The van der Waals surface area contributed by atoms with Gasteiger partial charge in [0.15, 0.2) is 0 Å². The Hall–Kier alpha value is -2.93. The van der Waals surface area contributed by atoms with Crippen LogP contribution in [0.3, 0.4) is 0 Å². The van der Waals surface area contributed by atoms with E-state index >= 15 is 0 Å². The zero-order chi connectivity index (χ0) is 38.0. The van der Waals surface area contributed by atoms with Gasteiger partial charge >= 0.3 is 23.9 Å². The number of nitrogens with zero attached hydrogens (tertiary/aromatic N) is 6. The Labute approximate surface area is 303 Å². The average Bonchev–Trinajstić information content (AvgIpc) is 2.97. The highest BCUT2D eigenvalue weighted by molar-refractivity contribution is 5.78. The van der Waals surface area contributed by atoms with E-state index in [-0.39, 0.29) is 50.6 Å². The molecule has 0 aromatic heterocycles. The second-order valence-electron chi connectivity index (χ2n) is 15.2. The van der Waals surface area contributed by atoms with E-state index in [9.17, 15) is 34.2 Å². The molecule has 2 fully saturated rings. The minimum Gasteiger partial charge on any atom is -0.480 e. The summed E-state index contributed by atoms with van der Waals surface area (Å²) in [5, 5.41) is 25.8. The molecule has 17 nitrogen and oxygen atoms in total. The molecule has 0 saturated carbocycles. The zero-order valence-electron chi connectivity index (χ0n) is 31.8. The molecule has 17 heteroatoms. The van der Waals surface area contributed by atoms with Crippen LogP contribution in [0, 0.1) is 0 Å². The van der Waals surface area contributed by atoms with Gasteiger partial charge in [0.2, 0.25) is 5.91 Å². The molecule has 294 valence electrons. The highest BCUT2D eigenvalue weighted by Gasteiger charge is 2.25. The molecule has 2 aliphatic heterocycles. The predicted octanol–water partition coefficient (Wildman–Crippen LogP) is -1.62. The summed E-state index contributed by atoms with van der Waals surface area (Å²) in [4.78, 5) is 73.6. The first-order valence-corrected chi connectivity index (χ1v) is 18.1. The fraction of sp³-hybridized carbons (Fsp3) is 0.853. The van der Waals surface area contributed by atoms with Gasteiger partial charge in [-0.1, -0.05) is 0 Å². The number of carboxylic acids is 2. The van der Waals surface area contributed by atoms with Crippen LogP contribution < -0.4 is 10.6 Å². The fourth-order valence-corrected chi connectivity index (χ4v) is 5.78. The van der Waals surface area contributed by atoms with E-state index in [4.69, 9.17) is 9.47 Å². The van der Waals surface area contributed by atoms with Gasteiger partial charge in [-0.25, -0.2) is 0 Å². The van der Waals surface area contributed by atoms with Crippen molar-refractivity contribution < 1.29 is 43.7 Å². The van der Waals surface area contributed by atoms with Crippen LogP contribution in [0.5, 0.6) is 0 Å². The lowest BCUT2D eigenvalue weighted by Gasteiger charge is -2.34. The van der Waals surface area contributed by atoms with Gasteiger partial charge in [-0.15, -0.1) is 0 Å². The Kier molecular flexibility index (Phi) is 19.3. The number of rotatable bonds is 10. The topological polar surface area (TPSA) is 188 Å². The molecule has 0 bridgehead atoms. The first kappa shape index (κ1) is 44.2. The van der Waals surface area contributed by atoms with Gasteiger partial charge in [-0.3, -0.25) is 48.5 Å². The molecule has 2 aliphatic rings. The SMILES string of the molecule is CC(C)(C)OC(=O)CN1CCNCCN(C(=O)CN2CCN(CC(=O)O)CCN(CC(=O)O)CCN(CC(=O)OC(C)(C)C)CC2)CCNCC1. The second-order valence-corrected chi connectivity index (χ2v) is 15.2. The Morgan fingerprint density at radius 1 is 0.471 bits per heavy atom. The number of carbonyl (C=O) groups excluding carboxylic acids is 3. The minimum absolute atomic E-state index is 0.0176. The predicted molar refractivity (Wildman–Crippen MR) is 191 cm³/mol.